The van der Waals surface area contributed by atoms with Crippen molar-refractivity contribution in [2.45, 2.75) is 32.1 Å². The number of benzene rings is 1. The van der Waals surface area contributed by atoms with Crippen LogP contribution in [0.15, 0.2) is 30.3 Å². The van der Waals surface area contributed by atoms with Gasteiger partial charge in [0.15, 0.2) is 0 Å². The molecule has 0 aliphatic carbocycles. The van der Waals surface area contributed by atoms with Gasteiger partial charge in [0.2, 0.25) is 0 Å². The van der Waals surface area contributed by atoms with Crippen LogP contribution in [-0.4, -0.2) is 0 Å². The lowest BCUT2D eigenvalue weighted by Crippen LogP contribution is -1.96. The second-order valence-corrected chi connectivity index (χ2v) is 3.30. The van der Waals surface area contributed by atoms with Crippen LogP contribution < -0.4 is 0 Å². The maximum atomic E-state index is 5.35. The summed E-state index contributed by atoms with van der Waals surface area (Å²) in [5, 5.41) is 0. The van der Waals surface area contributed by atoms with E-state index >= 15 is 0 Å². The van der Waals surface area contributed by atoms with Crippen LogP contribution in [0.3, 0.4) is 0 Å². The minimum atomic E-state index is 0.552. The van der Waals surface area contributed by atoms with Gasteiger partial charge < -0.3 is 0 Å². The summed E-state index contributed by atoms with van der Waals surface area (Å²) in [6.45, 7) is 2.20. The third-order valence-electron chi connectivity index (χ3n) is 2.27. The van der Waals surface area contributed by atoms with Gasteiger partial charge in [0, 0.05) is 6.42 Å². The summed E-state index contributed by atoms with van der Waals surface area (Å²) >= 11 is 0. The van der Waals surface area contributed by atoms with Gasteiger partial charge in [-0.15, -0.1) is 12.3 Å². The molecule has 0 bridgehead atoms. The van der Waals surface area contributed by atoms with E-state index in [2.05, 4.69) is 37.1 Å². The largest absolute Gasteiger partial charge is 0.120 e. The fourth-order valence-electron chi connectivity index (χ4n) is 1.60. The summed E-state index contributed by atoms with van der Waals surface area (Å²) in [7, 11) is 0. The average molecular weight is 172 g/mol. The van der Waals surface area contributed by atoms with Crippen LogP contribution in [0.4, 0.5) is 0 Å². The van der Waals surface area contributed by atoms with E-state index in [1.807, 2.05) is 6.07 Å². The molecule has 0 spiro atoms. The molecule has 0 aliphatic heterocycles. The highest BCUT2D eigenvalue weighted by Crippen LogP contribution is 2.23. The van der Waals surface area contributed by atoms with Gasteiger partial charge >= 0.3 is 0 Å². The summed E-state index contributed by atoms with van der Waals surface area (Å²) in [5.41, 5.74) is 1.38. The first kappa shape index (κ1) is 9.86. The number of rotatable bonds is 4. The fourth-order valence-corrected chi connectivity index (χ4v) is 1.60. The molecule has 1 atom stereocenters. The summed E-state index contributed by atoms with van der Waals surface area (Å²) in [5.74, 6) is 3.30. The molecule has 1 aromatic rings. The standard InChI is InChI=1S/C13H16/c1-3-8-12(9-4-2)13-10-6-5-7-11-13/h1,5-7,10-12H,4,8-9H2,2H3. The second kappa shape index (κ2) is 5.43. The highest BCUT2D eigenvalue weighted by atomic mass is 14.1. The molecule has 1 rings (SSSR count). The van der Waals surface area contributed by atoms with E-state index in [1.54, 1.807) is 0 Å². The molecule has 1 aromatic carbocycles. The van der Waals surface area contributed by atoms with Crippen LogP contribution in [-0.2, 0) is 0 Å². The monoisotopic (exact) mass is 172 g/mol. The molecular formula is C13H16. The topological polar surface area (TPSA) is 0 Å². The Morgan fingerprint density at radius 3 is 2.54 bits per heavy atom. The summed E-state index contributed by atoms with van der Waals surface area (Å²) in [6, 6.07) is 10.5. The third kappa shape index (κ3) is 2.95. The maximum absolute atomic E-state index is 5.35. The van der Waals surface area contributed by atoms with Crippen molar-refractivity contribution in [2.24, 2.45) is 0 Å². The van der Waals surface area contributed by atoms with Crippen molar-refractivity contribution < 1.29 is 0 Å². The summed E-state index contributed by atoms with van der Waals surface area (Å²) in [6.07, 6.45) is 8.59. The number of hydrogen-bond acceptors (Lipinski definition) is 0. The molecule has 0 nitrogen and oxygen atoms in total. The zero-order valence-electron chi connectivity index (χ0n) is 8.16. The van der Waals surface area contributed by atoms with E-state index in [1.165, 1.54) is 18.4 Å². The van der Waals surface area contributed by atoms with Gasteiger partial charge in [-0.2, -0.15) is 0 Å². The van der Waals surface area contributed by atoms with Crippen molar-refractivity contribution in [3.05, 3.63) is 35.9 Å². The molecule has 0 aliphatic rings. The molecular weight excluding hydrogens is 156 g/mol. The highest BCUT2D eigenvalue weighted by molar-refractivity contribution is 5.20. The normalized spacial score (nSPS) is 12.0. The van der Waals surface area contributed by atoms with E-state index in [9.17, 15) is 0 Å². The smallest absolute Gasteiger partial charge is 0.0155 e. The maximum Gasteiger partial charge on any atom is 0.0155 e. The molecule has 0 aromatic heterocycles. The van der Waals surface area contributed by atoms with Crippen molar-refractivity contribution in [2.75, 3.05) is 0 Å². The molecule has 0 N–H and O–H groups in total. The van der Waals surface area contributed by atoms with Crippen molar-refractivity contribution >= 4 is 0 Å². The van der Waals surface area contributed by atoms with Crippen molar-refractivity contribution in [1.82, 2.24) is 0 Å². The SMILES string of the molecule is C#CCC(CCC)c1ccccc1. The van der Waals surface area contributed by atoms with Crippen LogP contribution in [0.25, 0.3) is 0 Å². The van der Waals surface area contributed by atoms with E-state index in [0.29, 0.717) is 5.92 Å². The zero-order valence-corrected chi connectivity index (χ0v) is 8.16. The molecule has 0 saturated heterocycles. The molecule has 68 valence electrons. The summed E-state index contributed by atoms with van der Waals surface area (Å²) in [4.78, 5) is 0. The highest BCUT2D eigenvalue weighted by Gasteiger charge is 2.07. The molecule has 0 fully saturated rings. The van der Waals surface area contributed by atoms with Gasteiger partial charge in [0.1, 0.15) is 0 Å². The average Bonchev–Trinajstić information content (AvgIpc) is 2.19. The van der Waals surface area contributed by atoms with Gasteiger partial charge in [-0.1, -0.05) is 43.7 Å². The molecule has 1 unspecified atom stereocenters. The minimum absolute atomic E-state index is 0.552. The third-order valence-corrected chi connectivity index (χ3v) is 2.27. The van der Waals surface area contributed by atoms with Gasteiger partial charge in [0.05, 0.1) is 0 Å². The van der Waals surface area contributed by atoms with Crippen molar-refractivity contribution in [3.8, 4) is 12.3 Å². The number of hydrogen-bond donors (Lipinski definition) is 0. The van der Waals surface area contributed by atoms with Gasteiger partial charge in [0.25, 0.3) is 0 Å². The van der Waals surface area contributed by atoms with Crippen molar-refractivity contribution in [1.29, 1.82) is 0 Å². The first-order valence-corrected chi connectivity index (χ1v) is 4.87. The Morgan fingerprint density at radius 2 is 2.00 bits per heavy atom. The molecule has 0 heteroatoms. The van der Waals surface area contributed by atoms with Crippen LogP contribution in [0.1, 0.15) is 37.7 Å². The van der Waals surface area contributed by atoms with E-state index in [4.69, 9.17) is 6.42 Å². The van der Waals surface area contributed by atoms with Crippen LogP contribution in [0.2, 0.25) is 0 Å². The second-order valence-electron chi connectivity index (χ2n) is 3.30. The predicted octanol–water partition coefficient (Wildman–Crippen LogP) is 3.59. The van der Waals surface area contributed by atoms with E-state index in [0.717, 1.165) is 6.42 Å². The lowest BCUT2D eigenvalue weighted by molar-refractivity contribution is 0.628. The molecule has 13 heavy (non-hydrogen) atoms. The van der Waals surface area contributed by atoms with Crippen LogP contribution >= 0.6 is 0 Å². The fraction of sp³-hybridized carbons (Fsp3) is 0.385. The zero-order chi connectivity index (χ0) is 9.52. The minimum Gasteiger partial charge on any atom is -0.120 e. The Labute approximate surface area is 81.0 Å². The lowest BCUT2D eigenvalue weighted by Gasteiger charge is -2.12. The predicted molar refractivity (Wildman–Crippen MR) is 57.5 cm³/mol. The number of terminal acetylenes is 1. The lowest BCUT2D eigenvalue weighted by atomic mass is 9.92. The van der Waals surface area contributed by atoms with Crippen molar-refractivity contribution in [3.63, 3.8) is 0 Å². The Hall–Kier alpha value is -1.22. The molecule has 0 saturated carbocycles. The van der Waals surface area contributed by atoms with Gasteiger partial charge in [-0.05, 0) is 17.9 Å². The Morgan fingerprint density at radius 1 is 1.31 bits per heavy atom. The quantitative estimate of drug-likeness (QED) is 0.609. The summed E-state index contributed by atoms with van der Waals surface area (Å²) < 4.78 is 0. The Bertz CT molecular complexity index is 266. The van der Waals surface area contributed by atoms with Crippen LogP contribution in [0, 0.1) is 12.3 Å². The van der Waals surface area contributed by atoms with Gasteiger partial charge in [-0.3, -0.25) is 0 Å². The van der Waals surface area contributed by atoms with Crippen LogP contribution in [0.5, 0.6) is 0 Å². The first-order chi connectivity index (χ1) is 6.38. The molecule has 0 heterocycles. The molecule has 0 amide bonds. The van der Waals surface area contributed by atoms with E-state index in [-0.39, 0.29) is 0 Å². The van der Waals surface area contributed by atoms with Gasteiger partial charge in [-0.25, -0.2) is 0 Å². The Balaban J connectivity index is 2.71. The molecule has 0 radical (unpaired) electrons. The van der Waals surface area contributed by atoms with E-state index < -0.39 is 0 Å². The first-order valence-electron chi connectivity index (χ1n) is 4.87. The Kier molecular flexibility index (Phi) is 4.12.